The first kappa shape index (κ1) is 12.6. The Balaban J connectivity index is 2.56. The van der Waals surface area contributed by atoms with Gasteiger partial charge in [0.1, 0.15) is 5.75 Å². The monoisotopic (exact) mass is 270 g/mol. The summed E-state index contributed by atoms with van der Waals surface area (Å²) in [7, 11) is 0. The first-order chi connectivity index (χ1) is 7.01. The highest BCUT2D eigenvalue weighted by molar-refractivity contribution is 9.09. The molecule has 0 spiro atoms. The van der Waals surface area contributed by atoms with Crippen molar-refractivity contribution in [3.63, 3.8) is 0 Å². The summed E-state index contributed by atoms with van der Waals surface area (Å²) >= 11 is 3.34. The zero-order chi connectivity index (χ0) is 11.3. The number of ether oxygens (including phenoxy) is 1. The Labute approximate surface area is 101 Å². The van der Waals surface area contributed by atoms with E-state index in [9.17, 15) is 0 Å². The molecule has 0 aliphatic heterocycles. The number of hydrogen-bond donors (Lipinski definition) is 0. The molecular formula is C13H19BrO. The Bertz CT molecular complexity index is 284. The van der Waals surface area contributed by atoms with Gasteiger partial charge in [-0.1, -0.05) is 48.8 Å². The minimum Gasteiger partial charge on any atom is -0.493 e. The topological polar surface area (TPSA) is 9.23 Å². The van der Waals surface area contributed by atoms with Crippen molar-refractivity contribution in [2.24, 2.45) is 5.41 Å². The van der Waals surface area contributed by atoms with E-state index < -0.39 is 0 Å². The number of benzene rings is 1. The third-order valence-electron chi connectivity index (χ3n) is 2.00. The van der Waals surface area contributed by atoms with Crippen molar-refractivity contribution in [3.05, 3.63) is 29.8 Å². The molecule has 0 atom stereocenters. The Morgan fingerprint density at radius 1 is 1.13 bits per heavy atom. The van der Waals surface area contributed by atoms with Crippen molar-refractivity contribution in [3.8, 4) is 5.75 Å². The van der Waals surface area contributed by atoms with Gasteiger partial charge in [-0.2, -0.15) is 0 Å². The van der Waals surface area contributed by atoms with Gasteiger partial charge in [-0.3, -0.25) is 0 Å². The maximum atomic E-state index is 5.49. The molecule has 0 unspecified atom stereocenters. The lowest BCUT2D eigenvalue weighted by Crippen LogP contribution is -2.08. The summed E-state index contributed by atoms with van der Waals surface area (Å²) in [6, 6.07) is 8.39. The second-order valence-electron chi connectivity index (χ2n) is 4.92. The minimum atomic E-state index is 0.345. The molecule has 1 nitrogen and oxygen atoms in total. The van der Waals surface area contributed by atoms with Crippen LogP contribution in [0.25, 0.3) is 0 Å². The second-order valence-corrected chi connectivity index (χ2v) is 5.71. The predicted octanol–water partition coefficient (Wildman–Crippen LogP) is 4.05. The van der Waals surface area contributed by atoms with Gasteiger partial charge in [-0.05, 0) is 29.5 Å². The highest BCUT2D eigenvalue weighted by atomic mass is 79.9. The van der Waals surface area contributed by atoms with Crippen LogP contribution in [-0.2, 0) is 6.42 Å². The summed E-state index contributed by atoms with van der Waals surface area (Å²) in [4.78, 5) is 0. The fraction of sp³-hybridized carbons (Fsp3) is 0.538. The summed E-state index contributed by atoms with van der Waals surface area (Å²) in [6.45, 7) is 7.48. The van der Waals surface area contributed by atoms with Gasteiger partial charge in [0, 0.05) is 5.33 Å². The number of halogens is 1. The van der Waals surface area contributed by atoms with Gasteiger partial charge in [-0.15, -0.1) is 0 Å². The summed E-state index contributed by atoms with van der Waals surface area (Å²) in [5.74, 6) is 0.951. The quantitative estimate of drug-likeness (QED) is 0.751. The maximum absolute atomic E-state index is 5.49. The second kappa shape index (κ2) is 5.55. The molecule has 2 heteroatoms. The van der Waals surface area contributed by atoms with Crippen molar-refractivity contribution in [1.82, 2.24) is 0 Å². The predicted molar refractivity (Wildman–Crippen MR) is 68.9 cm³/mol. The summed E-state index contributed by atoms with van der Waals surface area (Å²) < 4.78 is 5.49. The summed E-state index contributed by atoms with van der Waals surface area (Å²) in [5, 5.41) is 0.872. The highest BCUT2D eigenvalue weighted by Gasteiger charge is 2.10. The van der Waals surface area contributed by atoms with E-state index in [1.54, 1.807) is 0 Å². The van der Waals surface area contributed by atoms with Crippen LogP contribution in [0, 0.1) is 5.41 Å². The van der Waals surface area contributed by atoms with Gasteiger partial charge in [0.25, 0.3) is 0 Å². The third-order valence-corrected chi connectivity index (χ3v) is 2.33. The van der Waals surface area contributed by atoms with Crippen LogP contribution in [-0.4, -0.2) is 11.9 Å². The van der Waals surface area contributed by atoms with E-state index in [2.05, 4.69) is 48.8 Å². The SMILES string of the molecule is CC(C)(C)Cc1ccc(OCCBr)cc1. The fourth-order valence-corrected chi connectivity index (χ4v) is 1.63. The van der Waals surface area contributed by atoms with Crippen LogP contribution >= 0.6 is 15.9 Å². The van der Waals surface area contributed by atoms with Crippen LogP contribution in [0.3, 0.4) is 0 Å². The lowest BCUT2D eigenvalue weighted by molar-refractivity contribution is 0.344. The standard InChI is InChI=1S/C13H19BrO/c1-13(2,3)10-11-4-6-12(7-5-11)15-9-8-14/h4-7H,8-10H2,1-3H3. The van der Waals surface area contributed by atoms with E-state index in [-0.39, 0.29) is 0 Å². The first-order valence-electron chi connectivity index (χ1n) is 5.29. The fourth-order valence-electron chi connectivity index (χ4n) is 1.47. The lowest BCUT2D eigenvalue weighted by atomic mass is 9.88. The molecule has 0 aromatic heterocycles. The molecule has 0 saturated carbocycles. The average molecular weight is 271 g/mol. The molecule has 1 rings (SSSR count). The van der Waals surface area contributed by atoms with Gasteiger partial charge in [0.2, 0.25) is 0 Å². The zero-order valence-electron chi connectivity index (χ0n) is 9.72. The van der Waals surface area contributed by atoms with Crippen LogP contribution in [0.4, 0.5) is 0 Å². The number of rotatable bonds is 4. The molecule has 0 N–H and O–H groups in total. The third kappa shape index (κ3) is 5.22. The Kier molecular flexibility index (Phi) is 4.65. The van der Waals surface area contributed by atoms with Gasteiger partial charge in [0.15, 0.2) is 0 Å². The molecule has 0 amide bonds. The molecular weight excluding hydrogens is 252 g/mol. The highest BCUT2D eigenvalue weighted by Crippen LogP contribution is 2.22. The van der Waals surface area contributed by atoms with Gasteiger partial charge in [0.05, 0.1) is 6.61 Å². The van der Waals surface area contributed by atoms with Crippen LogP contribution in [0.5, 0.6) is 5.75 Å². The van der Waals surface area contributed by atoms with E-state index in [1.807, 2.05) is 12.1 Å². The molecule has 0 fully saturated rings. The van der Waals surface area contributed by atoms with E-state index in [1.165, 1.54) is 5.56 Å². The van der Waals surface area contributed by atoms with E-state index in [4.69, 9.17) is 4.74 Å². The number of alkyl halides is 1. The largest absolute Gasteiger partial charge is 0.493 e. The molecule has 15 heavy (non-hydrogen) atoms. The van der Waals surface area contributed by atoms with E-state index in [0.29, 0.717) is 5.41 Å². The van der Waals surface area contributed by atoms with Crippen LogP contribution < -0.4 is 4.74 Å². The molecule has 1 aromatic rings. The summed E-state index contributed by atoms with van der Waals surface area (Å²) in [6.07, 6.45) is 1.10. The minimum absolute atomic E-state index is 0.345. The lowest BCUT2D eigenvalue weighted by Gasteiger charge is -2.18. The van der Waals surface area contributed by atoms with Crippen LogP contribution in [0.2, 0.25) is 0 Å². The molecule has 0 saturated heterocycles. The summed E-state index contributed by atoms with van der Waals surface area (Å²) in [5.41, 5.74) is 1.71. The smallest absolute Gasteiger partial charge is 0.119 e. The van der Waals surface area contributed by atoms with Gasteiger partial charge >= 0.3 is 0 Å². The van der Waals surface area contributed by atoms with Crippen LogP contribution in [0.15, 0.2) is 24.3 Å². The molecule has 0 aliphatic carbocycles. The Morgan fingerprint density at radius 2 is 1.73 bits per heavy atom. The van der Waals surface area contributed by atoms with Crippen molar-refractivity contribution in [2.45, 2.75) is 27.2 Å². The molecule has 84 valence electrons. The molecule has 1 aromatic carbocycles. The van der Waals surface area contributed by atoms with Crippen molar-refractivity contribution in [2.75, 3.05) is 11.9 Å². The molecule has 0 bridgehead atoms. The Morgan fingerprint density at radius 3 is 2.20 bits per heavy atom. The maximum Gasteiger partial charge on any atom is 0.119 e. The van der Waals surface area contributed by atoms with E-state index in [0.717, 1.165) is 24.1 Å². The number of hydrogen-bond acceptors (Lipinski definition) is 1. The molecule has 0 radical (unpaired) electrons. The van der Waals surface area contributed by atoms with Crippen molar-refractivity contribution >= 4 is 15.9 Å². The van der Waals surface area contributed by atoms with Crippen LogP contribution in [0.1, 0.15) is 26.3 Å². The van der Waals surface area contributed by atoms with E-state index >= 15 is 0 Å². The first-order valence-corrected chi connectivity index (χ1v) is 6.41. The average Bonchev–Trinajstić information content (AvgIpc) is 2.14. The van der Waals surface area contributed by atoms with Crippen molar-refractivity contribution < 1.29 is 4.74 Å². The van der Waals surface area contributed by atoms with Gasteiger partial charge < -0.3 is 4.74 Å². The van der Waals surface area contributed by atoms with Crippen molar-refractivity contribution in [1.29, 1.82) is 0 Å². The van der Waals surface area contributed by atoms with Gasteiger partial charge in [-0.25, -0.2) is 0 Å². The Hall–Kier alpha value is -0.500. The zero-order valence-corrected chi connectivity index (χ0v) is 11.3. The molecule has 0 aliphatic rings. The normalized spacial score (nSPS) is 11.5. The molecule has 0 heterocycles.